The van der Waals surface area contributed by atoms with Gasteiger partial charge in [-0.25, -0.2) is 0 Å². The minimum atomic E-state index is 0.777. The molecule has 0 radical (unpaired) electrons. The summed E-state index contributed by atoms with van der Waals surface area (Å²) in [6, 6.07) is 12.0. The zero-order valence-corrected chi connectivity index (χ0v) is 13.1. The molecule has 1 fully saturated rings. The van der Waals surface area contributed by atoms with Gasteiger partial charge in [-0.1, -0.05) is 35.9 Å². The lowest BCUT2D eigenvalue weighted by molar-refractivity contribution is 0.282. The fraction of sp³-hybridized carbons (Fsp3) is 0.444. The number of likely N-dealkylation sites (tertiary alicyclic amines) is 1. The van der Waals surface area contributed by atoms with Crippen molar-refractivity contribution in [1.82, 2.24) is 4.90 Å². The molecular weight excluding hydrogens is 282 g/mol. The van der Waals surface area contributed by atoms with E-state index in [9.17, 15) is 0 Å². The predicted octanol–water partition coefficient (Wildman–Crippen LogP) is 4.75. The van der Waals surface area contributed by atoms with E-state index in [0.29, 0.717) is 0 Å². The number of unbranched alkanes of at least 4 members (excludes halogenated alkanes) is 1. The van der Waals surface area contributed by atoms with Gasteiger partial charge in [0.1, 0.15) is 5.75 Å². The van der Waals surface area contributed by atoms with Crippen LogP contribution in [0.3, 0.4) is 0 Å². The Morgan fingerprint density at radius 1 is 0.952 bits per heavy atom. The predicted molar refractivity (Wildman–Crippen MR) is 89.4 cm³/mol. The molecule has 0 unspecified atom stereocenters. The summed E-state index contributed by atoms with van der Waals surface area (Å²) in [5.74, 6) is 0.941. The molecule has 0 aliphatic carbocycles. The number of halogens is 1. The third-order valence-corrected chi connectivity index (χ3v) is 4.49. The summed E-state index contributed by atoms with van der Waals surface area (Å²) >= 11 is 6.22. The smallest absolute Gasteiger partial charge is 0.127 e. The molecule has 0 amide bonds. The summed E-state index contributed by atoms with van der Waals surface area (Å²) in [6.45, 7) is 4.55. The highest BCUT2D eigenvalue weighted by atomic mass is 35.5. The second kappa shape index (κ2) is 7.15. The summed E-state index contributed by atoms with van der Waals surface area (Å²) < 4.78 is 5.96. The van der Waals surface area contributed by atoms with E-state index in [-0.39, 0.29) is 0 Å². The summed E-state index contributed by atoms with van der Waals surface area (Å²) in [7, 11) is 0. The van der Waals surface area contributed by atoms with Gasteiger partial charge in [-0.05, 0) is 57.5 Å². The number of benzene rings is 2. The molecule has 2 nitrogen and oxygen atoms in total. The first-order valence-corrected chi connectivity index (χ1v) is 8.25. The average molecular weight is 304 g/mol. The van der Waals surface area contributed by atoms with Crippen molar-refractivity contribution in [2.75, 3.05) is 26.2 Å². The van der Waals surface area contributed by atoms with Crippen LogP contribution in [0.2, 0.25) is 5.02 Å². The van der Waals surface area contributed by atoms with Crippen molar-refractivity contribution in [3.63, 3.8) is 0 Å². The Kier molecular flexibility index (Phi) is 5.00. The Hall–Kier alpha value is -1.25. The summed E-state index contributed by atoms with van der Waals surface area (Å²) in [6.07, 6.45) is 5.06. The molecule has 0 atom stereocenters. The monoisotopic (exact) mass is 303 g/mol. The van der Waals surface area contributed by atoms with Crippen molar-refractivity contribution in [3.05, 3.63) is 41.4 Å². The van der Waals surface area contributed by atoms with E-state index in [4.69, 9.17) is 16.3 Å². The van der Waals surface area contributed by atoms with Gasteiger partial charge in [0.2, 0.25) is 0 Å². The molecule has 2 aromatic rings. The van der Waals surface area contributed by atoms with Crippen LogP contribution in [0.15, 0.2) is 36.4 Å². The second-order valence-corrected chi connectivity index (χ2v) is 6.10. The number of ether oxygens (including phenoxy) is 1. The molecule has 1 heterocycles. The van der Waals surface area contributed by atoms with Crippen LogP contribution < -0.4 is 4.74 Å². The third kappa shape index (κ3) is 3.69. The Morgan fingerprint density at radius 2 is 1.71 bits per heavy atom. The molecule has 0 spiro atoms. The molecular formula is C18H22ClNO. The van der Waals surface area contributed by atoms with E-state index in [0.717, 1.165) is 34.6 Å². The molecule has 0 bridgehead atoms. The van der Waals surface area contributed by atoms with E-state index in [2.05, 4.69) is 11.0 Å². The van der Waals surface area contributed by atoms with Crippen molar-refractivity contribution < 1.29 is 4.74 Å². The topological polar surface area (TPSA) is 12.5 Å². The minimum Gasteiger partial charge on any atom is -0.493 e. The molecule has 0 aromatic heterocycles. The SMILES string of the molecule is Clc1ccc(OCCCCN2CCCC2)c2ccccc12. The Balaban J connectivity index is 1.52. The van der Waals surface area contributed by atoms with Gasteiger partial charge in [0.15, 0.2) is 0 Å². The van der Waals surface area contributed by atoms with Gasteiger partial charge in [0, 0.05) is 15.8 Å². The largest absolute Gasteiger partial charge is 0.493 e. The van der Waals surface area contributed by atoms with E-state index in [1.807, 2.05) is 30.3 Å². The summed E-state index contributed by atoms with van der Waals surface area (Å²) in [4.78, 5) is 2.55. The van der Waals surface area contributed by atoms with Crippen molar-refractivity contribution in [2.24, 2.45) is 0 Å². The van der Waals surface area contributed by atoms with E-state index in [1.165, 1.54) is 38.9 Å². The highest BCUT2D eigenvalue weighted by Crippen LogP contribution is 2.31. The fourth-order valence-corrected chi connectivity index (χ4v) is 3.21. The Labute approximate surface area is 131 Å². The van der Waals surface area contributed by atoms with E-state index < -0.39 is 0 Å². The van der Waals surface area contributed by atoms with Crippen molar-refractivity contribution >= 4 is 22.4 Å². The molecule has 0 N–H and O–H groups in total. The molecule has 3 heteroatoms. The molecule has 1 saturated heterocycles. The summed E-state index contributed by atoms with van der Waals surface area (Å²) in [5, 5.41) is 2.95. The van der Waals surface area contributed by atoms with Crippen LogP contribution >= 0.6 is 11.6 Å². The van der Waals surface area contributed by atoms with Crippen LogP contribution in [0.1, 0.15) is 25.7 Å². The average Bonchev–Trinajstić information content (AvgIpc) is 3.03. The van der Waals surface area contributed by atoms with Crippen molar-refractivity contribution in [2.45, 2.75) is 25.7 Å². The van der Waals surface area contributed by atoms with Crippen LogP contribution in [-0.4, -0.2) is 31.1 Å². The number of fused-ring (bicyclic) bond motifs is 1. The van der Waals surface area contributed by atoms with Gasteiger partial charge >= 0.3 is 0 Å². The first-order valence-electron chi connectivity index (χ1n) is 7.87. The Morgan fingerprint density at radius 3 is 2.52 bits per heavy atom. The molecule has 3 rings (SSSR count). The molecule has 1 aliphatic rings. The highest BCUT2D eigenvalue weighted by Gasteiger charge is 2.10. The lowest BCUT2D eigenvalue weighted by atomic mass is 10.1. The van der Waals surface area contributed by atoms with Gasteiger partial charge in [0.25, 0.3) is 0 Å². The van der Waals surface area contributed by atoms with Gasteiger partial charge in [0.05, 0.1) is 6.61 Å². The summed E-state index contributed by atoms with van der Waals surface area (Å²) in [5.41, 5.74) is 0. The maximum atomic E-state index is 6.22. The number of hydrogen-bond donors (Lipinski definition) is 0. The van der Waals surface area contributed by atoms with Crippen molar-refractivity contribution in [3.8, 4) is 5.75 Å². The lowest BCUT2D eigenvalue weighted by Crippen LogP contribution is -2.20. The van der Waals surface area contributed by atoms with E-state index in [1.54, 1.807) is 0 Å². The zero-order valence-electron chi connectivity index (χ0n) is 12.4. The third-order valence-electron chi connectivity index (χ3n) is 4.16. The van der Waals surface area contributed by atoms with Crippen LogP contribution in [0, 0.1) is 0 Å². The molecule has 0 saturated carbocycles. The highest BCUT2D eigenvalue weighted by molar-refractivity contribution is 6.35. The fourth-order valence-electron chi connectivity index (χ4n) is 2.99. The van der Waals surface area contributed by atoms with Crippen LogP contribution in [0.4, 0.5) is 0 Å². The van der Waals surface area contributed by atoms with E-state index >= 15 is 0 Å². The van der Waals surface area contributed by atoms with Gasteiger partial charge in [-0.2, -0.15) is 0 Å². The van der Waals surface area contributed by atoms with Crippen molar-refractivity contribution in [1.29, 1.82) is 0 Å². The molecule has 1 aliphatic heterocycles. The first kappa shape index (κ1) is 14.7. The molecule has 21 heavy (non-hydrogen) atoms. The number of hydrogen-bond acceptors (Lipinski definition) is 2. The zero-order chi connectivity index (χ0) is 14.5. The molecule has 2 aromatic carbocycles. The standard InChI is InChI=1S/C18H22ClNO/c19-17-9-10-18(16-8-2-1-7-15(16)17)21-14-6-5-13-20-11-3-4-12-20/h1-2,7-10H,3-6,11-14H2. The number of rotatable bonds is 6. The van der Waals surface area contributed by atoms with Gasteiger partial charge in [-0.15, -0.1) is 0 Å². The van der Waals surface area contributed by atoms with Crippen LogP contribution in [0.25, 0.3) is 10.8 Å². The van der Waals surface area contributed by atoms with Gasteiger partial charge < -0.3 is 9.64 Å². The number of nitrogens with zero attached hydrogens (tertiary/aromatic N) is 1. The maximum absolute atomic E-state index is 6.22. The van der Waals surface area contributed by atoms with Crippen LogP contribution in [0.5, 0.6) is 5.75 Å². The molecule has 112 valence electrons. The maximum Gasteiger partial charge on any atom is 0.127 e. The normalized spacial score (nSPS) is 15.7. The van der Waals surface area contributed by atoms with Crippen LogP contribution in [-0.2, 0) is 0 Å². The minimum absolute atomic E-state index is 0.777. The first-order chi connectivity index (χ1) is 10.3. The quantitative estimate of drug-likeness (QED) is 0.714. The Bertz CT molecular complexity index is 593. The lowest BCUT2D eigenvalue weighted by Gasteiger charge is -2.14. The second-order valence-electron chi connectivity index (χ2n) is 5.70. The van der Waals surface area contributed by atoms with Gasteiger partial charge in [-0.3, -0.25) is 0 Å².